The molecule has 0 amide bonds. The van der Waals surface area contributed by atoms with E-state index in [0.29, 0.717) is 11.8 Å². The fourth-order valence-corrected chi connectivity index (χ4v) is 4.44. The van der Waals surface area contributed by atoms with Crippen molar-refractivity contribution in [3.05, 3.63) is 48.7 Å². The van der Waals surface area contributed by atoms with Gasteiger partial charge in [0.05, 0.1) is 18.7 Å². The predicted octanol–water partition coefficient (Wildman–Crippen LogP) is 3.33. The van der Waals surface area contributed by atoms with Crippen LogP contribution in [-0.2, 0) is 12.9 Å². The molecule has 3 saturated heterocycles. The van der Waals surface area contributed by atoms with Gasteiger partial charge in [-0.25, -0.2) is 0 Å². The Bertz CT molecular complexity index is 1000. The summed E-state index contributed by atoms with van der Waals surface area (Å²) in [5.74, 6) is 2.01. The van der Waals surface area contributed by atoms with E-state index in [1.807, 2.05) is 24.3 Å². The van der Waals surface area contributed by atoms with Crippen LogP contribution >= 0.6 is 23.0 Å². The summed E-state index contributed by atoms with van der Waals surface area (Å²) in [5, 5.41) is 12.1. The molecular weight excluding hydrogens is 523 g/mol. The van der Waals surface area contributed by atoms with Gasteiger partial charge in [0, 0.05) is 24.2 Å². The van der Waals surface area contributed by atoms with E-state index in [2.05, 4.69) is 25.1 Å². The van der Waals surface area contributed by atoms with Crippen LogP contribution in [0, 0.1) is 11.8 Å². The fraction of sp³-hybridized carbons (Fsp3) is 0.450. The Kier molecular flexibility index (Phi) is 7.69. The Morgan fingerprint density at radius 2 is 2.13 bits per heavy atom. The molecule has 0 saturated carbocycles. The van der Waals surface area contributed by atoms with E-state index in [-0.39, 0.29) is 6.04 Å². The van der Waals surface area contributed by atoms with Crippen molar-refractivity contribution in [1.82, 2.24) is 9.88 Å². The number of benzene rings is 1. The van der Waals surface area contributed by atoms with Crippen LogP contribution in [0.15, 0.2) is 43.1 Å². The fourth-order valence-electron chi connectivity index (χ4n) is 4.44. The second-order valence-corrected chi connectivity index (χ2v) is 9.53. The van der Waals surface area contributed by atoms with Gasteiger partial charge in [-0.1, -0.05) is 6.08 Å². The molecule has 164 valence electrons. The Hall–Kier alpha value is -1.31. The molecule has 8 nitrogen and oxygen atoms in total. The van der Waals surface area contributed by atoms with Crippen LogP contribution in [0.4, 0.5) is 0 Å². The third-order valence-electron chi connectivity index (χ3n) is 5.90. The van der Waals surface area contributed by atoms with Gasteiger partial charge < -0.3 is 9.84 Å². The summed E-state index contributed by atoms with van der Waals surface area (Å²) >= 11 is 1.06. The summed E-state index contributed by atoms with van der Waals surface area (Å²) < 4.78 is 35.0. The van der Waals surface area contributed by atoms with E-state index in [1.165, 1.54) is 6.42 Å². The smallest absolute Gasteiger partial charge is 0.406 e. The SMILES string of the molecule is C=C[C@H]1CN2CC[C@H]1C[C@H]2[C@H](O)c1ccnc2ccc(OC)cc12.O=S(=O)(O)OI. The summed E-state index contributed by atoms with van der Waals surface area (Å²) in [7, 11) is -2.51. The molecule has 5 rings (SSSR count). The van der Waals surface area contributed by atoms with Crippen LogP contribution in [0.3, 0.4) is 0 Å². The van der Waals surface area contributed by atoms with E-state index < -0.39 is 16.5 Å². The molecule has 1 aromatic heterocycles. The van der Waals surface area contributed by atoms with Crippen LogP contribution in [-0.4, -0.2) is 54.2 Å². The van der Waals surface area contributed by atoms with Crippen molar-refractivity contribution < 1.29 is 25.3 Å². The topological polar surface area (TPSA) is 109 Å². The largest absolute Gasteiger partial charge is 0.497 e. The van der Waals surface area contributed by atoms with Crippen molar-refractivity contribution >= 4 is 44.3 Å². The normalized spacial score (nSPS) is 26.5. The lowest BCUT2D eigenvalue weighted by atomic mass is 9.73. The number of aliphatic hydroxyl groups is 1. The molecule has 0 spiro atoms. The van der Waals surface area contributed by atoms with Crippen molar-refractivity contribution in [2.45, 2.75) is 25.0 Å². The minimum Gasteiger partial charge on any atom is -0.497 e. The van der Waals surface area contributed by atoms with E-state index in [9.17, 15) is 13.5 Å². The third-order valence-corrected chi connectivity index (χ3v) is 7.42. The number of aliphatic hydroxyl groups excluding tert-OH is 1. The molecule has 0 radical (unpaired) electrons. The molecule has 2 bridgehead atoms. The van der Waals surface area contributed by atoms with E-state index in [0.717, 1.165) is 64.7 Å². The van der Waals surface area contributed by atoms with Crippen LogP contribution in [0.2, 0.25) is 0 Å². The summed E-state index contributed by atoms with van der Waals surface area (Å²) in [6, 6.07) is 7.96. The van der Waals surface area contributed by atoms with Gasteiger partial charge in [0.25, 0.3) is 0 Å². The molecular formula is C20H25IN2O6S. The van der Waals surface area contributed by atoms with Gasteiger partial charge in [-0.3, -0.25) is 14.4 Å². The highest BCUT2D eigenvalue weighted by Crippen LogP contribution is 2.42. The average molecular weight is 548 g/mol. The Labute approximate surface area is 190 Å². The first-order valence-corrected chi connectivity index (χ1v) is 11.8. The van der Waals surface area contributed by atoms with Gasteiger partial charge in [0.2, 0.25) is 0 Å². The number of hydrogen-bond acceptors (Lipinski definition) is 7. The first-order chi connectivity index (χ1) is 14.3. The molecule has 3 aliphatic rings. The van der Waals surface area contributed by atoms with Gasteiger partial charge in [-0.15, -0.1) is 6.58 Å². The molecule has 2 N–H and O–H groups in total. The number of ether oxygens (including phenoxy) is 1. The minimum atomic E-state index is -4.18. The van der Waals surface area contributed by atoms with Crippen LogP contribution in [0.1, 0.15) is 24.5 Å². The quantitative estimate of drug-likeness (QED) is 0.333. The van der Waals surface area contributed by atoms with Gasteiger partial charge in [-0.05, 0) is 61.1 Å². The molecule has 1 aromatic carbocycles. The third kappa shape index (κ3) is 5.29. The monoisotopic (exact) mass is 548 g/mol. The maximum Gasteiger partial charge on any atom is 0.406 e. The number of pyridine rings is 1. The predicted molar refractivity (Wildman–Crippen MR) is 122 cm³/mol. The van der Waals surface area contributed by atoms with Crippen molar-refractivity contribution in [3.63, 3.8) is 0 Å². The highest BCUT2D eigenvalue weighted by molar-refractivity contribution is 14.1. The van der Waals surface area contributed by atoms with Gasteiger partial charge in [-0.2, -0.15) is 10.9 Å². The van der Waals surface area contributed by atoms with E-state index in [1.54, 1.807) is 13.3 Å². The zero-order valence-electron chi connectivity index (χ0n) is 16.5. The number of nitrogens with zero attached hydrogens (tertiary/aromatic N) is 2. The zero-order valence-corrected chi connectivity index (χ0v) is 19.5. The number of piperidine rings is 3. The van der Waals surface area contributed by atoms with Crippen molar-refractivity contribution in [1.29, 1.82) is 0 Å². The van der Waals surface area contributed by atoms with Gasteiger partial charge in [0.15, 0.2) is 0 Å². The first-order valence-electron chi connectivity index (χ1n) is 9.52. The minimum absolute atomic E-state index is 0.178. The first kappa shape index (κ1) is 23.4. The number of methoxy groups -OCH3 is 1. The highest BCUT2D eigenvalue weighted by Gasteiger charge is 2.42. The second-order valence-electron chi connectivity index (χ2n) is 7.47. The summed E-state index contributed by atoms with van der Waals surface area (Å²) in [4.78, 5) is 6.86. The van der Waals surface area contributed by atoms with Crippen molar-refractivity contribution in [2.75, 3.05) is 20.2 Å². The number of hydrogen-bond donors (Lipinski definition) is 2. The summed E-state index contributed by atoms with van der Waals surface area (Å²) in [6.07, 6.45) is 5.62. The Morgan fingerprint density at radius 1 is 1.40 bits per heavy atom. The number of rotatable bonds is 5. The Morgan fingerprint density at radius 3 is 2.70 bits per heavy atom. The molecule has 0 aliphatic carbocycles. The van der Waals surface area contributed by atoms with Gasteiger partial charge in [0.1, 0.15) is 28.8 Å². The molecule has 4 heterocycles. The van der Waals surface area contributed by atoms with Gasteiger partial charge >= 0.3 is 10.4 Å². The maximum atomic E-state index is 11.2. The molecule has 3 aliphatic heterocycles. The molecule has 5 atom stereocenters. The number of aromatic nitrogens is 1. The zero-order chi connectivity index (χ0) is 21.9. The van der Waals surface area contributed by atoms with Crippen molar-refractivity contribution in [2.24, 2.45) is 11.8 Å². The summed E-state index contributed by atoms with van der Waals surface area (Å²) in [6.45, 7) is 6.07. The lowest BCUT2D eigenvalue weighted by Crippen LogP contribution is -2.54. The highest BCUT2D eigenvalue weighted by atomic mass is 127. The average Bonchev–Trinajstić information content (AvgIpc) is 2.77. The van der Waals surface area contributed by atoms with Crippen LogP contribution in [0.25, 0.3) is 10.9 Å². The molecule has 10 heteroatoms. The summed E-state index contributed by atoms with van der Waals surface area (Å²) in [5.41, 5.74) is 1.85. The Balaban J connectivity index is 0.000000377. The van der Waals surface area contributed by atoms with Crippen LogP contribution in [0.5, 0.6) is 5.75 Å². The lowest BCUT2D eigenvalue weighted by molar-refractivity contribution is -0.0444. The number of fused-ring (bicyclic) bond motifs is 4. The second kappa shape index (κ2) is 9.88. The van der Waals surface area contributed by atoms with Crippen molar-refractivity contribution in [3.8, 4) is 5.75 Å². The lowest BCUT2D eigenvalue weighted by Gasteiger charge is -2.50. The standard InChI is InChI=1S/C20H24N2O2.HIO4S/c1-3-13-12-22-9-7-14(13)10-19(22)20(23)16-6-8-21-18-5-4-15(24-2)11-17(16)18;1-5-6(2,3)4/h3-6,8,11,13-14,19-20,23H,1,7,9-10,12H2,2H3;(H,2,3,4)/t13-,14-,19-,20+;/m0./s1. The maximum absolute atomic E-state index is 11.2. The van der Waals surface area contributed by atoms with Crippen LogP contribution < -0.4 is 4.74 Å². The van der Waals surface area contributed by atoms with E-state index >= 15 is 0 Å². The molecule has 3 fully saturated rings. The number of halogens is 1. The molecule has 30 heavy (non-hydrogen) atoms. The van der Waals surface area contributed by atoms with E-state index in [4.69, 9.17) is 9.29 Å². The molecule has 1 unspecified atom stereocenters. The molecule has 2 aromatic rings.